The molecule has 0 saturated carbocycles. The summed E-state index contributed by atoms with van der Waals surface area (Å²) < 4.78 is 10.5. The lowest BCUT2D eigenvalue weighted by Crippen LogP contribution is -2.40. The molecule has 0 aliphatic heterocycles. The van der Waals surface area contributed by atoms with E-state index in [0.717, 1.165) is 5.56 Å². The van der Waals surface area contributed by atoms with E-state index in [4.69, 9.17) is 9.15 Å². The molecule has 1 unspecified atom stereocenters. The Hall–Kier alpha value is -2.31. The van der Waals surface area contributed by atoms with Crippen LogP contribution in [0.4, 0.5) is 10.5 Å². The number of ether oxygens (including phenoxy) is 1. The molecule has 6 heteroatoms. The van der Waals surface area contributed by atoms with Gasteiger partial charge in [0.25, 0.3) is 0 Å². The van der Waals surface area contributed by atoms with Crippen LogP contribution in [0.15, 0.2) is 40.8 Å². The van der Waals surface area contributed by atoms with Crippen LogP contribution in [0.3, 0.4) is 0 Å². The number of aryl methyl sites for hydroxylation is 1. The smallest absolute Gasteiger partial charge is 0.319 e. The fourth-order valence-corrected chi connectivity index (χ4v) is 2.14. The number of rotatable bonds is 6. The van der Waals surface area contributed by atoms with Crippen LogP contribution in [0.25, 0.3) is 0 Å². The SMILES string of the molecule is COCc1cccc(NC(=O)NCC(C)(O)c2ccc(C)o2)c1. The number of methoxy groups -OCH3 is 1. The molecule has 6 nitrogen and oxygen atoms in total. The van der Waals surface area contributed by atoms with E-state index in [1.165, 1.54) is 0 Å². The Kier molecular flexibility index (Phi) is 5.41. The number of carbonyl (C=O) groups excluding carboxylic acids is 1. The third kappa shape index (κ3) is 4.84. The van der Waals surface area contributed by atoms with Crippen molar-refractivity contribution in [2.45, 2.75) is 26.1 Å². The van der Waals surface area contributed by atoms with Crippen molar-refractivity contribution in [3.63, 3.8) is 0 Å². The molecule has 2 amide bonds. The molecule has 0 aliphatic carbocycles. The van der Waals surface area contributed by atoms with Crippen LogP contribution in [0.2, 0.25) is 0 Å². The highest BCUT2D eigenvalue weighted by molar-refractivity contribution is 5.89. The van der Waals surface area contributed by atoms with E-state index in [0.29, 0.717) is 23.8 Å². The van der Waals surface area contributed by atoms with Gasteiger partial charge in [0.2, 0.25) is 0 Å². The highest BCUT2D eigenvalue weighted by Crippen LogP contribution is 2.22. The maximum atomic E-state index is 12.0. The largest absolute Gasteiger partial charge is 0.463 e. The third-order valence-corrected chi connectivity index (χ3v) is 3.36. The first-order valence-corrected chi connectivity index (χ1v) is 7.33. The number of amides is 2. The average Bonchev–Trinajstić information content (AvgIpc) is 2.94. The van der Waals surface area contributed by atoms with Crippen molar-refractivity contribution in [3.05, 3.63) is 53.5 Å². The summed E-state index contributed by atoms with van der Waals surface area (Å²) in [5.41, 5.74) is 0.345. The number of hydrogen-bond acceptors (Lipinski definition) is 4. The fourth-order valence-electron chi connectivity index (χ4n) is 2.14. The van der Waals surface area contributed by atoms with Crippen molar-refractivity contribution in [1.82, 2.24) is 5.32 Å². The van der Waals surface area contributed by atoms with Gasteiger partial charge in [-0.05, 0) is 43.7 Å². The van der Waals surface area contributed by atoms with Crippen LogP contribution in [0.5, 0.6) is 0 Å². The molecule has 2 rings (SSSR count). The van der Waals surface area contributed by atoms with Crippen LogP contribution in [-0.2, 0) is 16.9 Å². The van der Waals surface area contributed by atoms with Crippen molar-refractivity contribution in [2.75, 3.05) is 19.0 Å². The minimum atomic E-state index is -1.27. The molecule has 0 spiro atoms. The normalized spacial score (nSPS) is 13.4. The molecule has 1 atom stereocenters. The van der Waals surface area contributed by atoms with Gasteiger partial charge in [0.05, 0.1) is 13.2 Å². The number of anilines is 1. The van der Waals surface area contributed by atoms with Gasteiger partial charge in [0.15, 0.2) is 0 Å². The third-order valence-electron chi connectivity index (χ3n) is 3.36. The molecule has 124 valence electrons. The van der Waals surface area contributed by atoms with Crippen molar-refractivity contribution < 1.29 is 19.1 Å². The molecule has 23 heavy (non-hydrogen) atoms. The summed E-state index contributed by atoms with van der Waals surface area (Å²) in [7, 11) is 1.62. The summed E-state index contributed by atoms with van der Waals surface area (Å²) in [4.78, 5) is 12.0. The quantitative estimate of drug-likeness (QED) is 0.765. The fraction of sp³-hybridized carbons (Fsp3) is 0.353. The first-order valence-electron chi connectivity index (χ1n) is 7.33. The number of carbonyl (C=O) groups is 1. The van der Waals surface area contributed by atoms with E-state index in [9.17, 15) is 9.90 Å². The Bertz CT molecular complexity index is 664. The van der Waals surface area contributed by atoms with E-state index >= 15 is 0 Å². The van der Waals surface area contributed by atoms with Crippen molar-refractivity contribution >= 4 is 11.7 Å². The maximum Gasteiger partial charge on any atom is 0.319 e. The molecule has 1 heterocycles. The zero-order valence-electron chi connectivity index (χ0n) is 13.6. The van der Waals surface area contributed by atoms with Gasteiger partial charge in [-0.15, -0.1) is 0 Å². The molecule has 0 aliphatic rings. The highest BCUT2D eigenvalue weighted by atomic mass is 16.5. The van der Waals surface area contributed by atoms with Crippen LogP contribution in [0, 0.1) is 6.92 Å². The molecule has 0 fully saturated rings. The van der Waals surface area contributed by atoms with E-state index in [1.54, 1.807) is 39.2 Å². The summed E-state index contributed by atoms with van der Waals surface area (Å²) in [5.74, 6) is 1.12. The first kappa shape index (κ1) is 17.1. The van der Waals surface area contributed by atoms with E-state index in [-0.39, 0.29) is 6.54 Å². The van der Waals surface area contributed by atoms with Gasteiger partial charge in [0, 0.05) is 12.8 Å². The maximum absolute atomic E-state index is 12.0. The molecular weight excluding hydrogens is 296 g/mol. The van der Waals surface area contributed by atoms with Crippen LogP contribution >= 0.6 is 0 Å². The standard InChI is InChI=1S/C17H22N2O4/c1-12-7-8-15(23-12)17(2,21)11-18-16(20)19-14-6-4-5-13(9-14)10-22-3/h4-9,21H,10-11H2,1-3H3,(H2,18,19,20). The Morgan fingerprint density at radius 3 is 2.78 bits per heavy atom. The molecular formula is C17H22N2O4. The second kappa shape index (κ2) is 7.30. The molecule has 0 saturated heterocycles. The zero-order valence-corrected chi connectivity index (χ0v) is 13.6. The van der Waals surface area contributed by atoms with E-state index < -0.39 is 11.6 Å². The van der Waals surface area contributed by atoms with E-state index in [2.05, 4.69) is 10.6 Å². The minimum absolute atomic E-state index is 0.0313. The summed E-state index contributed by atoms with van der Waals surface area (Å²) >= 11 is 0. The van der Waals surface area contributed by atoms with Gasteiger partial charge in [0.1, 0.15) is 17.1 Å². The topological polar surface area (TPSA) is 83.7 Å². The zero-order chi connectivity index (χ0) is 16.9. The number of furan rings is 1. The number of nitrogens with one attached hydrogen (secondary N) is 2. The first-order chi connectivity index (χ1) is 10.9. The Labute approximate surface area is 135 Å². The molecule has 1 aromatic heterocycles. The number of aliphatic hydroxyl groups is 1. The second-order valence-corrected chi connectivity index (χ2v) is 5.63. The highest BCUT2D eigenvalue weighted by Gasteiger charge is 2.27. The van der Waals surface area contributed by atoms with Crippen LogP contribution in [-0.4, -0.2) is 24.8 Å². The van der Waals surface area contributed by atoms with Crippen LogP contribution < -0.4 is 10.6 Å². The lowest BCUT2D eigenvalue weighted by atomic mass is 10.0. The number of hydrogen-bond donors (Lipinski definition) is 3. The molecule has 2 aromatic rings. The van der Waals surface area contributed by atoms with Gasteiger partial charge < -0.3 is 24.9 Å². The number of urea groups is 1. The Morgan fingerprint density at radius 2 is 2.13 bits per heavy atom. The minimum Gasteiger partial charge on any atom is -0.463 e. The summed E-state index contributed by atoms with van der Waals surface area (Å²) in [6.07, 6.45) is 0. The molecule has 0 bridgehead atoms. The van der Waals surface area contributed by atoms with Crippen LogP contribution in [0.1, 0.15) is 24.0 Å². The lowest BCUT2D eigenvalue weighted by molar-refractivity contribution is 0.0364. The van der Waals surface area contributed by atoms with Gasteiger partial charge in [-0.3, -0.25) is 0 Å². The van der Waals surface area contributed by atoms with Gasteiger partial charge in [-0.1, -0.05) is 12.1 Å². The predicted octanol–water partition coefficient (Wildman–Crippen LogP) is 2.76. The Balaban J connectivity index is 1.91. The van der Waals surface area contributed by atoms with Crippen molar-refractivity contribution in [2.24, 2.45) is 0 Å². The molecule has 1 aromatic carbocycles. The monoisotopic (exact) mass is 318 g/mol. The van der Waals surface area contributed by atoms with Gasteiger partial charge >= 0.3 is 6.03 Å². The van der Waals surface area contributed by atoms with Gasteiger partial charge in [-0.2, -0.15) is 0 Å². The predicted molar refractivity (Wildman–Crippen MR) is 87.2 cm³/mol. The number of benzene rings is 1. The van der Waals surface area contributed by atoms with E-state index in [1.807, 2.05) is 18.2 Å². The summed E-state index contributed by atoms with van der Waals surface area (Å²) in [6, 6.07) is 10.4. The van der Waals surface area contributed by atoms with Crippen molar-refractivity contribution in [3.8, 4) is 0 Å². The average molecular weight is 318 g/mol. The molecule has 0 radical (unpaired) electrons. The second-order valence-electron chi connectivity index (χ2n) is 5.63. The van der Waals surface area contributed by atoms with Gasteiger partial charge in [-0.25, -0.2) is 4.79 Å². The summed E-state index contributed by atoms with van der Waals surface area (Å²) in [5, 5.41) is 15.7. The Morgan fingerprint density at radius 1 is 1.35 bits per heavy atom. The molecule has 3 N–H and O–H groups in total. The summed E-state index contributed by atoms with van der Waals surface area (Å²) in [6.45, 7) is 3.89. The lowest BCUT2D eigenvalue weighted by Gasteiger charge is -2.21. The van der Waals surface area contributed by atoms with Crippen molar-refractivity contribution in [1.29, 1.82) is 0 Å².